The van der Waals surface area contributed by atoms with Crippen LogP contribution in [0.5, 0.6) is 0 Å². The minimum absolute atomic E-state index is 0.00467. The molecule has 1 aromatic carbocycles. The van der Waals surface area contributed by atoms with Gasteiger partial charge in [-0.15, -0.1) is 0 Å². The number of H-pyrrole nitrogens is 1. The summed E-state index contributed by atoms with van der Waals surface area (Å²) in [5.74, 6) is 0.631. The lowest BCUT2D eigenvalue weighted by atomic mass is 9.90. The third-order valence-corrected chi connectivity index (χ3v) is 3.93. The van der Waals surface area contributed by atoms with E-state index in [-0.39, 0.29) is 5.69 Å². The first-order chi connectivity index (χ1) is 8.79. The molecule has 1 aromatic heterocycles. The van der Waals surface area contributed by atoms with Gasteiger partial charge in [-0.2, -0.15) is 0 Å². The van der Waals surface area contributed by atoms with Crippen LogP contribution in [0.1, 0.15) is 31.2 Å². The van der Waals surface area contributed by atoms with Crippen LogP contribution < -0.4 is 11.0 Å². The summed E-state index contributed by atoms with van der Waals surface area (Å²) < 4.78 is 1.81. The molecule has 2 aromatic rings. The fourth-order valence-corrected chi connectivity index (χ4v) is 2.89. The number of hydrogen-bond acceptors (Lipinski definition) is 2. The van der Waals surface area contributed by atoms with Gasteiger partial charge in [0.1, 0.15) is 0 Å². The molecule has 0 amide bonds. The van der Waals surface area contributed by atoms with E-state index < -0.39 is 0 Å². The van der Waals surface area contributed by atoms with Gasteiger partial charge in [0.15, 0.2) is 0 Å². The molecule has 0 spiro atoms. The molecule has 0 atom stereocenters. The van der Waals surface area contributed by atoms with Crippen molar-refractivity contribution in [1.29, 1.82) is 0 Å². The maximum Gasteiger partial charge on any atom is 0.326 e. The number of aromatic nitrogens is 2. The molecule has 1 fully saturated rings. The fourth-order valence-electron chi connectivity index (χ4n) is 2.89. The molecule has 0 bridgehead atoms. The van der Waals surface area contributed by atoms with Gasteiger partial charge < -0.3 is 10.3 Å². The summed E-state index contributed by atoms with van der Waals surface area (Å²) in [6, 6.07) is 6.39. The maximum absolute atomic E-state index is 11.8. The van der Waals surface area contributed by atoms with Crippen molar-refractivity contribution < 1.29 is 0 Å². The Morgan fingerprint density at radius 3 is 2.83 bits per heavy atom. The van der Waals surface area contributed by atoms with E-state index in [0.29, 0.717) is 12.5 Å². The van der Waals surface area contributed by atoms with Gasteiger partial charge in [-0.25, -0.2) is 4.79 Å². The molecular weight excluding hydrogens is 226 g/mol. The number of nitrogens with zero attached hydrogens (tertiary/aromatic N) is 1. The SMILES string of the molecule is CCn1c(=O)[nH]c2ccc(C3CCNCC3)cc21. The molecule has 0 radical (unpaired) electrons. The number of benzene rings is 1. The molecule has 96 valence electrons. The van der Waals surface area contributed by atoms with Gasteiger partial charge in [-0.3, -0.25) is 4.57 Å². The van der Waals surface area contributed by atoms with Gasteiger partial charge in [-0.1, -0.05) is 6.07 Å². The summed E-state index contributed by atoms with van der Waals surface area (Å²) in [6.45, 7) is 4.91. The first kappa shape index (κ1) is 11.5. The second-order valence-electron chi connectivity index (χ2n) is 4.98. The summed E-state index contributed by atoms with van der Waals surface area (Å²) in [4.78, 5) is 14.7. The van der Waals surface area contributed by atoms with Crippen LogP contribution in [0.4, 0.5) is 0 Å². The highest BCUT2D eigenvalue weighted by Gasteiger charge is 2.16. The Balaban J connectivity index is 2.06. The third kappa shape index (κ3) is 1.86. The molecule has 2 heterocycles. The van der Waals surface area contributed by atoms with Crippen molar-refractivity contribution in [2.75, 3.05) is 13.1 Å². The van der Waals surface area contributed by atoms with E-state index in [9.17, 15) is 4.79 Å². The Morgan fingerprint density at radius 1 is 1.33 bits per heavy atom. The Kier molecular flexibility index (Phi) is 2.96. The predicted molar refractivity (Wildman–Crippen MR) is 73.1 cm³/mol. The smallest absolute Gasteiger partial charge is 0.317 e. The van der Waals surface area contributed by atoms with Crippen LogP contribution in [0.2, 0.25) is 0 Å². The summed E-state index contributed by atoms with van der Waals surface area (Å²) in [7, 11) is 0. The number of nitrogens with one attached hydrogen (secondary N) is 2. The first-order valence-corrected chi connectivity index (χ1v) is 6.72. The first-order valence-electron chi connectivity index (χ1n) is 6.72. The molecule has 18 heavy (non-hydrogen) atoms. The van der Waals surface area contributed by atoms with Gasteiger partial charge in [0.25, 0.3) is 0 Å². The minimum Gasteiger partial charge on any atom is -0.317 e. The van der Waals surface area contributed by atoms with Gasteiger partial charge in [0.05, 0.1) is 11.0 Å². The van der Waals surface area contributed by atoms with Gasteiger partial charge >= 0.3 is 5.69 Å². The average molecular weight is 245 g/mol. The van der Waals surface area contributed by atoms with E-state index in [2.05, 4.69) is 22.4 Å². The van der Waals surface area contributed by atoms with Crippen LogP contribution in [0, 0.1) is 0 Å². The number of rotatable bonds is 2. The number of fused-ring (bicyclic) bond motifs is 1. The van der Waals surface area contributed by atoms with Gasteiger partial charge in [-0.05, 0) is 56.5 Å². The normalized spacial score (nSPS) is 17.4. The van der Waals surface area contributed by atoms with E-state index >= 15 is 0 Å². The maximum atomic E-state index is 11.8. The lowest BCUT2D eigenvalue weighted by Crippen LogP contribution is -2.26. The highest BCUT2D eigenvalue weighted by atomic mass is 16.1. The molecule has 2 N–H and O–H groups in total. The summed E-state index contributed by atoms with van der Waals surface area (Å²) >= 11 is 0. The number of aromatic amines is 1. The Bertz CT molecular complexity index is 605. The molecule has 0 unspecified atom stereocenters. The minimum atomic E-state index is -0.00467. The number of hydrogen-bond donors (Lipinski definition) is 2. The Morgan fingerprint density at radius 2 is 2.11 bits per heavy atom. The van der Waals surface area contributed by atoms with Crippen LogP contribution in [0.15, 0.2) is 23.0 Å². The third-order valence-electron chi connectivity index (χ3n) is 3.93. The molecule has 1 aliphatic heterocycles. The molecule has 1 aliphatic rings. The highest BCUT2D eigenvalue weighted by Crippen LogP contribution is 2.27. The standard InChI is InChI=1S/C14H19N3O/c1-2-17-13-9-11(10-5-7-15-8-6-10)3-4-12(13)16-14(17)18/h3-4,9-10,15H,2,5-8H2,1H3,(H,16,18). The quantitative estimate of drug-likeness (QED) is 0.848. The number of imidazole rings is 1. The van der Waals surface area contributed by atoms with Gasteiger partial charge in [0, 0.05) is 6.54 Å². The highest BCUT2D eigenvalue weighted by molar-refractivity contribution is 5.76. The second-order valence-corrected chi connectivity index (χ2v) is 4.98. The van der Waals surface area contributed by atoms with Crippen LogP contribution in [-0.2, 0) is 6.54 Å². The van der Waals surface area contributed by atoms with Gasteiger partial charge in [0.2, 0.25) is 0 Å². The molecule has 1 saturated heterocycles. The fraction of sp³-hybridized carbons (Fsp3) is 0.500. The van der Waals surface area contributed by atoms with Crippen molar-refractivity contribution in [3.05, 3.63) is 34.2 Å². The van der Waals surface area contributed by atoms with Crippen molar-refractivity contribution in [3.63, 3.8) is 0 Å². The van der Waals surface area contributed by atoms with Crippen molar-refractivity contribution in [2.24, 2.45) is 0 Å². The van der Waals surface area contributed by atoms with E-state index in [1.54, 1.807) is 4.57 Å². The van der Waals surface area contributed by atoms with Crippen LogP contribution >= 0.6 is 0 Å². The predicted octanol–water partition coefficient (Wildman–Crippen LogP) is 1.82. The Labute approximate surface area is 106 Å². The zero-order valence-corrected chi connectivity index (χ0v) is 10.7. The van der Waals surface area contributed by atoms with E-state index in [1.807, 2.05) is 13.0 Å². The molecule has 4 nitrogen and oxygen atoms in total. The zero-order chi connectivity index (χ0) is 12.5. The van der Waals surface area contributed by atoms with E-state index in [0.717, 1.165) is 24.1 Å². The molecule has 0 aliphatic carbocycles. The van der Waals surface area contributed by atoms with Crippen molar-refractivity contribution in [3.8, 4) is 0 Å². The summed E-state index contributed by atoms with van der Waals surface area (Å²) in [5, 5.41) is 3.39. The van der Waals surface area contributed by atoms with E-state index in [1.165, 1.54) is 18.4 Å². The van der Waals surface area contributed by atoms with E-state index in [4.69, 9.17) is 0 Å². The van der Waals surface area contributed by atoms with Crippen molar-refractivity contribution in [1.82, 2.24) is 14.9 Å². The lowest BCUT2D eigenvalue weighted by Gasteiger charge is -2.23. The zero-order valence-electron chi connectivity index (χ0n) is 10.7. The van der Waals surface area contributed by atoms with Crippen LogP contribution in [-0.4, -0.2) is 22.6 Å². The lowest BCUT2D eigenvalue weighted by molar-refractivity contribution is 0.460. The summed E-state index contributed by atoms with van der Waals surface area (Å²) in [6.07, 6.45) is 2.37. The largest absolute Gasteiger partial charge is 0.326 e. The molecule has 0 saturated carbocycles. The van der Waals surface area contributed by atoms with Crippen molar-refractivity contribution in [2.45, 2.75) is 32.2 Å². The van der Waals surface area contributed by atoms with Crippen molar-refractivity contribution >= 4 is 11.0 Å². The van der Waals surface area contributed by atoms with Crippen LogP contribution in [0.25, 0.3) is 11.0 Å². The number of piperidine rings is 1. The molecular formula is C14H19N3O. The van der Waals surface area contributed by atoms with Crippen LogP contribution in [0.3, 0.4) is 0 Å². The molecule has 4 heteroatoms. The molecule has 3 rings (SSSR count). The monoisotopic (exact) mass is 245 g/mol. The second kappa shape index (κ2) is 4.61. The topological polar surface area (TPSA) is 49.8 Å². The number of aryl methyl sites for hydroxylation is 1. The summed E-state index contributed by atoms with van der Waals surface area (Å²) in [5.41, 5.74) is 3.35. The Hall–Kier alpha value is -1.55. The average Bonchev–Trinajstić information content (AvgIpc) is 2.74.